The molecule has 4 heteroatoms. The molecule has 1 heterocycles. The fourth-order valence-electron chi connectivity index (χ4n) is 0.531. The first-order chi connectivity index (χ1) is 3.70. The fraction of sp³-hybridized carbons (Fsp3) is 0.500. The summed E-state index contributed by atoms with van der Waals surface area (Å²) in [5.41, 5.74) is 0. The van der Waals surface area contributed by atoms with Gasteiger partial charge in [-0.05, 0) is 0 Å². The molecule has 8 heavy (non-hydrogen) atoms. The first-order valence-corrected chi connectivity index (χ1v) is 2.67. The van der Waals surface area contributed by atoms with Crippen molar-refractivity contribution < 1.29 is 4.57 Å². The van der Waals surface area contributed by atoms with Crippen molar-refractivity contribution in [1.29, 1.82) is 0 Å². The number of hydrogen-bond acceptors (Lipinski definition) is 2. The molecule has 0 aliphatic heterocycles. The van der Waals surface area contributed by atoms with Crippen LogP contribution >= 0.6 is 0 Å². The van der Waals surface area contributed by atoms with Gasteiger partial charge in [-0.15, -0.1) is 4.68 Å². The second-order valence-corrected chi connectivity index (χ2v) is 2.05. The summed E-state index contributed by atoms with van der Waals surface area (Å²) in [6.07, 6.45) is 1.82. The van der Waals surface area contributed by atoms with Gasteiger partial charge in [-0.3, -0.25) is 4.57 Å². The van der Waals surface area contributed by atoms with E-state index >= 15 is 0 Å². The van der Waals surface area contributed by atoms with E-state index in [4.69, 9.17) is 12.6 Å². The van der Waals surface area contributed by atoms with Gasteiger partial charge < -0.3 is 12.6 Å². The van der Waals surface area contributed by atoms with E-state index in [1.54, 1.807) is 9.25 Å². The Morgan fingerprint density at radius 2 is 2.50 bits per heavy atom. The Morgan fingerprint density at radius 1 is 1.88 bits per heavy atom. The lowest BCUT2D eigenvalue weighted by Crippen LogP contribution is -2.27. The van der Waals surface area contributed by atoms with E-state index in [1.807, 2.05) is 20.4 Å². The number of aryl methyl sites for hydroxylation is 2. The standard InChI is InChI=1S/C4H7N3S/c1-6-3-7(2)5-4(6)8/h3H,1-2H3. The molecule has 0 bridgehead atoms. The van der Waals surface area contributed by atoms with Crippen molar-refractivity contribution in [3.63, 3.8) is 0 Å². The van der Waals surface area contributed by atoms with Crippen molar-refractivity contribution in [3.05, 3.63) is 6.33 Å². The first kappa shape index (κ1) is 5.50. The van der Waals surface area contributed by atoms with Gasteiger partial charge in [0.2, 0.25) is 6.33 Å². The van der Waals surface area contributed by atoms with Gasteiger partial charge in [0.15, 0.2) is 5.16 Å². The minimum atomic E-state index is 0.618. The minimum absolute atomic E-state index is 0.618. The first-order valence-electron chi connectivity index (χ1n) is 2.26. The molecule has 0 atom stereocenters. The zero-order valence-electron chi connectivity index (χ0n) is 4.83. The molecule has 1 aromatic rings. The quantitative estimate of drug-likeness (QED) is 0.336. The molecule has 0 unspecified atom stereocenters. The van der Waals surface area contributed by atoms with Crippen LogP contribution in [0, 0.1) is 0 Å². The Kier molecular flexibility index (Phi) is 1.17. The van der Waals surface area contributed by atoms with Crippen LogP contribution in [0.25, 0.3) is 0 Å². The zero-order valence-corrected chi connectivity index (χ0v) is 5.64. The van der Waals surface area contributed by atoms with Crippen molar-refractivity contribution in [2.24, 2.45) is 14.1 Å². The highest BCUT2D eigenvalue weighted by atomic mass is 32.1. The third-order valence-corrected chi connectivity index (χ3v) is 1.25. The molecule has 44 valence electrons. The lowest BCUT2D eigenvalue weighted by molar-refractivity contribution is -0.709. The Labute approximate surface area is 53.4 Å². The van der Waals surface area contributed by atoms with Crippen LogP contribution in [0.2, 0.25) is 0 Å². The molecule has 0 saturated heterocycles. The van der Waals surface area contributed by atoms with E-state index in [-0.39, 0.29) is 0 Å². The maximum absolute atomic E-state index is 4.81. The van der Waals surface area contributed by atoms with E-state index in [0.29, 0.717) is 5.16 Å². The van der Waals surface area contributed by atoms with Gasteiger partial charge in [-0.25, -0.2) is 0 Å². The largest absolute Gasteiger partial charge is 0.703 e. The van der Waals surface area contributed by atoms with Crippen molar-refractivity contribution in [2.75, 3.05) is 0 Å². The van der Waals surface area contributed by atoms with Crippen LogP contribution in [0.5, 0.6) is 0 Å². The number of hydrogen-bond donors (Lipinski definition) is 0. The summed E-state index contributed by atoms with van der Waals surface area (Å²) < 4.78 is 3.47. The average Bonchev–Trinajstić information content (AvgIpc) is 1.85. The van der Waals surface area contributed by atoms with Crippen LogP contribution in [0.4, 0.5) is 0 Å². The predicted molar refractivity (Wildman–Crippen MR) is 30.0 cm³/mol. The SMILES string of the molecule is Cn1c[n+](C)c([S-])n1. The smallest absolute Gasteiger partial charge is 0.221 e. The normalized spacial score (nSPS) is 9.75. The molecule has 1 aromatic heterocycles. The van der Waals surface area contributed by atoms with E-state index in [2.05, 4.69) is 5.10 Å². The molecule has 0 aliphatic rings. The molecule has 0 fully saturated rings. The van der Waals surface area contributed by atoms with Gasteiger partial charge >= 0.3 is 0 Å². The Hall–Kier alpha value is -0.640. The Morgan fingerprint density at radius 3 is 2.62 bits per heavy atom. The van der Waals surface area contributed by atoms with Crippen molar-refractivity contribution in [2.45, 2.75) is 5.16 Å². The molecule has 0 radical (unpaired) electrons. The summed E-state index contributed by atoms with van der Waals surface area (Å²) in [5.74, 6) is 0. The van der Waals surface area contributed by atoms with Crippen LogP contribution in [-0.2, 0) is 26.7 Å². The molecular formula is C4H7N3S. The van der Waals surface area contributed by atoms with Crippen LogP contribution in [0.3, 0.4) is 0 Å². The summed E-state index contributed by atoms with van der Waals surface area (Å²) in [7, 11) is 3.71. The van der Waals surface area contributed by atoms with E-state index < -0.39 is 0 Å². The van der Waals surface area contributed by atoms with Crippen molar-refractivity contribution in [1.82, 2.24) is 9.78 Å². The van der Waals surface area contributed by atoms with Crippen LogP contribution < -0.4 is 4.57 Å². The topological polar surface area (TPSA) is 21.7 Å². The van der Waals surface area contributed by atoms with Gasteiger partial charge in [0.05, 0.1) is 14.1 Å². The third-order valence-electron chi connectivity index (χ3n) is 0.885. The third kappa shape index (κ3) is 0.790. The second kappa shape index (κ2) is 1.70. The summed E-state index contributed by atoms with van der Waals surface area (Å²) in [5, 5.41) is 4.52. The lowest BCUT2D eigenvalue weighted by atomic mass is 11.1. The number of aromatic nitrogens is 3. The van der Waals surface area contributed by atoms with Crippen LogP contribution in [-0.4, -0.2) is 9.78 Å². The number of nitrogens with zero attached hydrogens (tertiary/aromatic N) is 3. The molecule has 0 N–H and O–H groups in total. The maximum Gasteiger partial charge on any atom is 0.221 e. The fourth-order valence-corrected chi connectivity index (χ4v) is 0.707. The molecule has 1 rings (SSSR count). The van der Waals surface area contributed by atoms with Gasteiger partial charge in [-0.2, -0.15) is 0 Å². The van der Waals surface area contributed by atoms with Gasteiger partial charge in [0.25, 0.3) is 0 Å². The Balaban J connectivity index is 3.14. The highest BCUT2D eigenvalue weighted by Gasteiger charge is 1.94. The molecule has 3 nitrogen and oxygen atoms in total. The van der Waals surface area contributed by atoms with Crippen LogP contribution in [0.1, 0.15) is 0 Å². The molecule has 0 amide bonds. The van der Waals surface area contributed by atoms with Gasteiger partial charge in [0, 0.05) is 5.10 Å². The lowest BCUT2D eigenvalue weighted by Gasteiger charge is -1.88. The summed E-state index contributed by atoms with van der Waals surface area (Å²) in [6.45, 7) is 0. The molecule has 0 aliphatic carbocycles. The zero-order chi connectivity index (χ0) is 6.15. The van der Waals surface area contributed by atoms with Crippen LogP contribution in [0.15, 0.2) is 11.5 Å². The number of rotatable bonds is 0. The predicted octanol–water partition coefficient (Wildman–Crippen LogP) is -0.850. The van der Waals surface area contributed by atoms with E-state index in [0.717, 1.165) is 0 Å². The highest BCUT2D eigenvalue weighted by molar-refractivity contribution is 7.58. The molecule has 0 saturated carbocycles. The monoisotopic (exact) mass is 129 g/mol. The highest BCUT2D eigenvalue weighted by Crippen LogP contribution is 1.76. The molecule has 0 aromatic carbocycles. The average molecular weight is 129 g/mol. The Bertz CT molecular complexity index is 174. The summed E-state index contributed by atoms with van der Waals surface area (Å²) in [6, 6.07) is 0. The van der Waals surface area contributed by atoms with Crippen molar-refractivity contribution in [3.8, 4) is 0 Å². The summed E-state index contributed by atoms with van der Waals surface area (Å²) in [4.78, 5) is 0. The van der Waals surface area contributed by atoms with Crippen molar-refractivity contribution >= 4 is 12.6 Å². The summed E-state index contributed by atoms with van der Waals surface area (Å²) >= 11 is 4.81. The minimum Gasteiger partial charge on any atom is -0.703 e. The second-order valence-electron chi connectivity index (χ2n) is 1.68. The van der Waals surface area contributed by atoms with E-state index in [1.165, 1.54) is 0 Å². The molecule has 0 spiro atoms. The van der Waals surface area contributed by atoms with Gasteiger partial charge in [0.1, 0.15) is 0 Å². The molecular weight excluding hydrogens is 122 g/mol. The van der Waals surface area contributed by atoms with Gasteiger partial charge in [-0.1, -0.05) is 0 Å². The van der Waals surface area contributed by atoms with E-state index in [9.17, 15) is 0 Å². The maximum atomic E-state index is 4.81.